The molecule has 0 unspecified atom stereocenters. The lowest BCUT2D eigenvalue weighted by atomic mass is 10.1. The average molecular weight is 800 g/mol. The number of hydrogen-bond acceptors (Lipinski definition) is 13. The Balaban J connectivity index is 0.000000161. The van der Waals surface area contributed by atoms with Crippen molar-refractivity contribution in [3.8, 4) is 11.5 Å². The molecule has 0 aliphatic rings. The van der Waals surface area contributed by atoms with Gasteiger partial charge in [-0.15, -0.1) is 16.7 Å². The molecule has 0 saturated carbocycles. The smallest absolute Gasteiger partial charge is 0.437 e. The van der Waals surface area contributed by atoms with E-state index >= 15 is 0 Å². The van der Waals surface area contributed by atoms with E-state index in [2.05, 4.69) is 30.0 Å². The summed E-state index contributed by atoms with van der Waals surface area (Å²) < 4.78 is 27.3. The van der Waals surface area contributed by atoms with Crippen LogP contribution < -0.4 is 32.1 Å². The molecule has 0 spiro atoms. The third-order valence-corrected chi connectivity index (χ3v) is 8.76. The Hall–Kier alpha value is -7.02. The quantitative estimate of drug-likeness (QED) is 0.186. The van der Waals surface area contributed by atoms with E-state index in [1.54, 1.807) is 37.4 Å². The molecule has 2 aromatic carbocycles. The van der Waals surface area contributed by atoms with Gasteiger partial charge in [0.05, 0.1) is 40.0 Å². The maximum absolute atomic E-state index is 12.6. The molecule has 296 valence electrons. The van der Waals surface area contributed by atoms with Gasteiger partial charge in [-0.2, -0.15) is 4.68 Å². The molecular weight excluding hydrogens is 762 g/mol. The van der Waals surface area contributed by atoms with Crippen LogP contribution in [0.15, 0.2) is 108 Å². The lowest BCUT2D eigenvalue weighted by Crippen LogP contribution is -2.22. The summed E-state index contributed by atoms with van der Waals surface area (Å²) in [6.45, 7) is 0.520. The van der Waals surface area contributed by atoms with Crippen LogP contribution in [-0.2, 0) is 46.6 Å². The number of oxazole rings is 1. The van der Waals surface area contributed by atoms with Crippen molar-refractivity contribution in [1.82, 2.24) is 53.0 Å². The number of nitrogens with one attached hydrogen (secondary N) is 1. The molecule has 8 rings (SSSR count). The molecular formula is C37H38ClN11O8. The summed E-state index contributed by atoms with van der Waals surface area (Å²) in [6, 6.07) is 15.5. The number of halogens is 1. The van der Waals surface area contributed by atoms with Crippen molar-refractivity contribution in [2.75, 3.05) is 20.1 Å². The highest BCUT2D eigenvalue weighted by atomic mass is 35.5. The van der Waals surface area contributed by atoms with Crippen LogP contribution >= 0.6 is 11.6 Å². The van der Waals surface area contributed by atoms with Gasteiger partial charge in [-0.05, 0) is 48.2 Å². The number of nitrogens with zero attached hydrogens (tertiary/aromatic N) is 10. The van der Waals surface area contributed by atoms with Crippen LogP contribution in [0.2, 0.25) is 0 Å². The predicted octanol–water partition coefficient (Wildman–Crippen LogP) is 2.52. The zero-order valence-corrected chi connectivity index (χ0v) is 32.1. The molecule has 6 heterocycles. The molecule has 0 bridgehead atoms. The Morgan fingerprint density at radius 3 is 1.68 bits per heavy atom. The van der Waals surface area contributed by atoms with Crippen molar-refractivity contribution >= 4 is 33.9 Å². The molecule has 0 radical (unpaired) electrons. The predicted molar refractivity (Wildman–Crippen MR) is 208 cm³/mol. The van der Waals surface area contributed by atoms with Crippen molar-refractivity contribution in [2.45, 2.75) is 32.5 Å². The zero-order valence-electron chi connectivity index (χ0n) is 31.4. The number of benzene rings is 2. The molecule has 0 atom stereocenters. The summed E-state index contributed by atoms with van der Waals surface area (Å²) in [5, 5.41) is 4.19. The summed E-state index contributed by atoms with van der Waals surface area (Å²) in [5.41, 5.74) is 3.34. The van der Waals surface area contributed by atoms with Crippen LogP contribution in [0.25, 0.3) is 22.3 Å². The summed E-state index contributed by atoms with van der Waals surface area (Å²) in [6.07, 6.45) is 8.75. The normalized spacial score (nSPS) is 10.9. The fraction of sp³-hybridized carbons (Fsp3) is 0.270. The van der Waals surface area contributed by atoms with Crippen LogP contribution in [0.4, 0.5) is 0 Å². The Labute approximate surface area is 327 Å². The number of alkyl halides is 1. The lowest BCUT2D eigenvalue weighted by Gasteiger charge is -2.03. The molecule has 8 aromatic rings. The second-order valence-electron chi connectivity index (χ2n) is 12.4. The van der Waals surface area contributed by atoms with E-state index in [0.29, 0.717) is 46.9 Å². The van der Waals surface area contributed by atoms with Crippen molar-refractivity contribution in [1.29, 1.82) is 0 Å². The summed E-state index contributed by atoms with van der Waals surface area (Å²) in [4.78, 5) is 66.3. The fourth-order valence-corrected chi connectivity index (χ4v) is 5.78. The number of methoxy groups -OCH3 is 2. The van der Waals surface area contributed by atoms with Crippen molar-refractivity contribution in [2.24, 2.45) is 14.1 Å². The fourth-order valence-electron chi connectivity index (χ4n) is 5.56. The molecule has 0 fully saturated rings. The monoisotopic (exact) mass is 799 g/mol. The summed E-state index contributed by atoms with van der Waals surface area (Å²) in [5.74, 6) is 1.73. The Bertz CT molecular complexity index is 2810. The first kappa shape index (κ1) is 39.7. The topological polar surface area (TPSA) is 218 Å². The second kappa shape index (κ2) is 18.1. The lowest BCUT2D eigenvalue weighted by molar-refractivity contribution is 0.414. The minimum absolute atomic E-state index is 0.0116. The van der Waals surface area contributed by atoms with E-state index in [9.17, 15) is 19.2 Å². The van der Waals surface area contributed by atoms with Gasteiger partial charge in [0.2, 0.25) is 5.89 Å². The average Bonchev–Trinajstić information content (AvgIpc) is 4.01. The van der Waals surface area contributed by atoms with E-state index in [0.717, 1.165) is 23.5 Å². The van der Waals surface area contributed by atoms with E-state index in [1.807, 2.05) is 48.5 Å². The number of aromatic amines is 1. The van der Waals surface area contributed by atoms with E-state index in [1.165, 1.54) is 50.9 Å². The van der Waals surface area contributed by atoms with Crippen LogP contribution in [0.3, 0.4) is 0 Å². The van der Waals surface area contributed by atoms with Crippen molar-refractivity contribution in [3.05, 3.63) is 145 Å². The number of fused-ring (bicyclic) bond motifs is 2. The maximum atomic E-state index is 12.6. The van der Waals surface area contributed by atoms with Crippen LogP contribution in [0, 0.1) is 0 Å². The number of rotatable bonds is 11. The highest BCUT2D eigenvalue weighted by Crippen LogP contribution is 2.13. The van der Waals surface area contributed by atoms with Gasteiger partial charge in [-0.3, -0.25) is 23.7 Å². The largest absolute Gasteiger partial charge is 0.497 e. The van der Waals surface area contributed by atoms with Gasteiger partial charge in [0.15, 0.2) is 22.3 Å². The number of aryl methyl sites for hydroxylation is 5. The first-order valence-corrected chi connectivity index (χ1v) is 17.9. The number of aromatic nitrogens is 11. The molecule has 57 heavy (non-hydrogen) atoms. The minimum atomic E-state index is -0.564. The number of ether oxygens (including phenoxy) is 2. The van der Waals surface area contributed by atoms with Crippen LogP contribution in [0.5, 0.6) is 11.5 Å². The third kappa shape index (κ3) is 9.62. The van der Waals surface area contributed by atoms with E-state index in [-0.39, 0.29) is 30.1 Å². The zero-order chi connectivity index (χ0) is 40.5. The Kier molecular flexibility index (Phi) is 12.6. The number of imidazole rings is 2. The molecule has 19 nitrogen and oxygen atoms in total. The summed E-state index contributed by atoms with van der Waals surface area (Å²) >= 11 is 5.58. The Morgan fingerprint density at radius 1 is 0.684 bits per heavy atom. The second-order valence-corrected chi connectivity index (χ2v) is 12.8. The molecule has 1 N–H and O–H groups in total. The maximum Gasteiger partial charge on any atom is 0.437 e. The van der Waals surface area contributed by atoms with Gasteiger partial charge >= 0.3 is 11.5 Å². The van der Waals surface area contributed by atoms with Crippen LogP contribution in [0.1, 0.15) is 22.8 Å². The standard InChI is InChI=1S/C18H18N6O4.C10H9N5O3.C9H11ClO/c1-22-10-19-16-15(22)17(25)23(11-20-16)9-14-21-24(18(26)28-14)8-7-12-3-5-13(27-2)6-4-12;1-14-4-12-8-7(14)9(16)15(5-13-8)3-6-2-11-10(17)18-6;1-11-9-4-2-8(3-5-9)6-7-10/h3-6,10-11H,7-9H2,1-2H3;2,4-5H,3H2,1H3,(H,11,17);2-5H,6-7H2,1H3. The van der Waals surface area contributed by atoms with Gasteiger partial charge in [-0.1, -0.05) is 24.3 Å². The van der Waals surface area contributed by atoms with Crippen molar-refractivity contribution < 1.29 is 18.3 Å². The van der Waals surface area contributed by atoms with Gasteiger partial charge in [-0.25, -0.2) is 29.5 Å². The van der Waals surface area contributed by atoms with E-state index in [4.69, 9.17) is 29.9 Å². The van der Waals surface area contributed by atoms with Gasteiger partial charge in [0.25, 0.3) is 11.1 Å². The minimum Gasteiger partial charge on any atom is -0.497 e. The third-order valence-electron chi connectivity index (χ3n) is 8.57. The molecule has 6 aromatic heterocycles. The van der Waals surface area contributed by atoms with Gasteiger partial charge < -0.3 is 27.4 Å². The molecule has 0 aliphatic heterocycles. The molecule has 0 amide bonds. The molecule has 20 heteroatoms. The van der Waals surface area contributed by atoms with Gasteiger partial charge in [0.1, 0.15) is 36.5 Å². The molecule has 0 aliphatic carbocycles. The van der Waals surface area contributed by atoms with Crippen LogP contribution in [-0.4, -0.2) is 73.1 Å². The first-order valence-electron chi connectivity index (χ1n) is 17.4. The van der Waals surface area contributed by atoms with Gasteiger partial charge in [0, 0.05) is 26.2 Å². The van der Waals surface area contributed by atoms with Crippen molar-refractivity contribution in [3.63, 3.8) is 0 Å². The highest BCUT2D eigenvalue weighted by molar-refractivity contribution is 6.18. The summed E-state index contributed by atoms with van der Waals surface area (Å²) in [7, 11) is 6.71. The molecule has 0 saturated heterocycles. The number of H-pyrrole nitrogens is 1. The number of hydrogen-bond donors (Lipinski definition) is 1. The SMILES string of the molecule is COc1ccc(CCCl)cc1.COc1ccc(CCn2nc(Cn3cnc4ncn(C)c4c3=O)oc2=O)cc1.Cn1cnc2ncn(Cc3c[nH]c(=O)o3)c(=O)c21. The van der Waals surface area contributed by atoms with E-state index < -0.39 is 11.5 Å². The highest BCUT2D eigenvalue weighted by Gasteiger charge is 2.14. The first-order chi connectivity index (χ1) is 27.6. The Morgan fingerprint density at radius 2 is 1.19 bits per heavy atom.